The Kier molecular flexibility index (Phi) is 3.36. The summed E-state index contributed by atoms with van der Waals surface area (Å²) in [4.78, 5) is 0. The Morgan fingerprint density at radius 1 is 1.54 bits per heavy atom. The first-order valence-corrected chi connectivity index (χ1v) is 5.59. The molecule has 0 N–H and O–H groups in total. The van der Waals surface area contributed by atoms with Gasteiger partial charge in [-0.3, -0.25) is 0 Å². The van der Waals surface area contributed by atoms with Gasteiger partial charge in [0.1, 0.15) is 0 Å². The molecule has 3 atom stereocenters. The van der Waals surface area contributed by atoms with Gasteiger partial charge in [0.2, 0.25) is 0 Å². The van der Waals surface area contributed by atoms with Crippen LogP contribution in [0.4, 0.5) is 0 Å². The largest absolute Gasteiger partial charge is 0.198 e. The monoisotopic (exact) mass is 179 g/mol. The van der Waals surface area contributed by atoms with Crippen LogP contribution >= 0.6 is 0 Å². The Morgan fingerprint density at radius 2 is 2.23 bits per heavy atom. The van der Waals surface area contributed by atoms with Gasteiger partial charge in [-0.15, -0.1) is 0 Å². The quantitative estimate of drug-likeness (QED) is 0.647. The molecule has 0 amide bonds. The summed E-state index contributed by atoms with van der Waals surface area (Å²) in [6, 6.07) is 2.59. The third kappa shape index (κ3) is 1.88. The van der Waals surface area contributed by atoms with Crippen LogP contribution in [0.5, 0.6) is 0 Å². The lowest BCUT2D eigenvalue weighted by molar-refractivity contribution is 0.247. The molecule has 1 fully saturated rings. The van der Waals surface area contributed by atoms with E-state index in [4.69, 9.17) is 0 Å². The van der Waals surface area contributed by atoms with Gasteiger partial charge in [-0.05, 0) is 31.1 Å². The summed E-state index contributed by atoms with van der Waals surface area (Å²) >= 11 is 0. The van der Waals surface area contributed by atoms with Crippen LogP contribution in [0.2, 0.25) is 0 Å². The summed E-state index contributed by atoms with van der Waals surface area (Å²) in [5, 5.41) is 9.28. The van der Waals surface area contributed by atoms with Gasteiger partial charge in [0.15, 0.2) is 0 Å². The summed E-state index contributed by atoms with van der Waals surface area (Å²) in [6.07, 6.45) is 5.95. The average molecular weight is 179 g/mol. The third-order valence-corrected chi connectivity index (χ3v) is 4.01. The van der Waals surface area contributed by atoms with Crippen molar-refractivity contribution < 1.29 is 0 Å². The zero-order valence-corrected chi connectivity index (χ0v) is 9.14. The molecular formula is C12H21N. The Hall–Kier alpha value is -0.510. The Labute approximate surface area is 82.1 Å². The maximum atomic E-state index is 9.28. The zero-order valence-electron chi connectivity index (χ0n) is 9.14. The van der Waals surface area contributed by atoms with Crippen LogP contribution in [0.1, 0.15) is 52.9 Å². The van der Waals surface area contributed by atoms with Crippen LogP contribution in [0.25, 0.3) is 0 Å². The third-order valence-electron chi connectivity index (χ3n) is 4.01. The molecule has 1 saturated carbocycles. The van der Waals surface area contributed by atoms with Crippen LogP contribution < -0.4 is 0 Å². The second-order valence-corrected chi connectivity index (χ2v) is 4.59. The van der Waals surface area contributed by atoms with Crippen molar-refractivity contribution in [2.45, 2.75) is 52.9 Å². The van der Waals surface area contributed by atoms with Gasteiger partial charge >= 0.3 is 0 Å². The van der Waals surface area contributed by atoms with E-state index in [1.165, 1.54) is 12.8 Å². The Morgan fingerprint density at radius 3 is 2.62 bits per heavy atom. The lowest BCUT2D eigenvalue weighted by atomic mass is 9.74. The molecule has 0 aromatic carbocycles. The van der Waals surface area contributed by atoms with Crippen molar-refractivity contribution in [2.24, 2.45) is 17.3 Å². The van der Waals surface area contributed by atoms with E-state index in [9.17, 15) is 5.26 Å². The second kappa shape index (κ2) is 4.13. The van der Waals surface area contributed by atoms with Gasteiger partial charge in [0.25, 0.3) is 0 Å². The molecule has 13 heavy (non-hydrogen) atoms. The maximum Gasteiger partial charge on any atom is 0.0692 e. The highest BCUT2D eigenvalue weighted by Gasteiger charge is 2.42. The van der Waals surface area contributed by atoms with Crippen molar-refractivity contribution in [1.29, 1.82) is 5.26 Å². The predicted octanol–water partition coefficient (Wildman–Crippen LogP) is 3.75. The van der Waals surface area contributed by atoms with E-state index in [1.807, 2.05) is 0 Å². The average Bonchev–Trinajstić information content (AvgIpc) is 2.61. The van der Waals surface area contributed by atoms with Gasteiger partial charge in [0, 0.05) is 0 Å². The van der Waals surface area contributed by atoms with Crippen molar-refractivity contribution in [2.75, 3.05) is 0 Å². The summed E-state index contributed by atoms with van der Waals surface area (Å²) in [6.45, 7) is 6.68. The first kappa shape index (κ1) is 10.6. The molecule has 0 radical (unpaired) electrons. The molecular weight excluding hydrogens is 158 g/mol. The predicted molar refractivity (Wildman–Crippen MR) is 55.1 cm³/mol. The molecule has 0 aromatic rings. The van der Waals surface area contributed by atoms with Gasteiger partial charge in [-0.1, -0.05) is 33.6 Å². The number of hydrogen-bond donors (Lipinski definition) is 0. The van der Waals surface area contributed by atoms with Crippen LogP contribution in [0.15, 0.2) is 0 Å². The van der Waals surface area contributed by atoms with Crippen molar-refractivity contribution in [3.05, 3.63) is 0 Å². The van der Waals surface area contributed by atoms with Gasteiger partial charge in [0.05, 0.1) is 11.5 Å². The van der Waals surface area contributed by atoms with Crippen molar-refractivity contribution in [3.63, 3.8) is 0 Å². The van der Waals surface area contributed by atoms with E-state index in [0.717, 1.165) is 25.2 Å². The van der Waals surface area contributed by atoms with E-state index in [-0.39, 0.29) is 5.41 Å². The number of nitrogens with zero attached hydrogens (tertiary/aromatic N) is 1. The fourth-order valence-electron chi connectivity index (χ4n) is 2.58. The minimum Gasteiger partial charge on any atom is -0.198 e. The maximum absolute atomic E-state index is 9.28. The van der Waals surface area contributed by atoms with Crippen LogP contribution in [0, 0.1) is 28.6 Å². The van der Waals surface area contributed by atoms with Gasteiger partial charge in [-0.25, -0.2) is 0 Å². The molecule has 0 aromatic heterocycles. The Bertz CT molecular complexity index is 204. The highest BCUT2D eigenvalue weighted by atomic mass is 14.5. The van der Waals surface area contributed by atoms with E-state index in [0.29, 0.717) is 5.92 Å². The molecule has 0 spiro atoms. The fraction of sp³-hybridized carbons (Fsp3) is 0.917. The molecule has 3 unspecified atom stereocenters. The molecule has 1 aliphatic rings. The Balaban J connectivity index is 2.69. The molecule has 1 aliphatic carbocycles. The lowest BCUT2D eigenvalue weighted by Crippen LogP contribution is -2.23. The number of nitriles is 1. The first-order chi connectivity index (χ1) is 6.18. The zero-order chi connectivity index (χ0) is 9.90. The minimum absolute atomic E-state index is 0.0232. The molecule has 1 heteroatoms. The molecule has 74 valence electrons. The van der Waals surface area contributed by atoms with E-state index in [2.05, 4.69) is 26.8 Å². The minimum atomic E-state index is 0.0232. The number of rotatable bonds is 3. The van der Waals surface area contributed by atoms with E-state index < -0.39 is 0 Å². The van der Waals surface area contributed by atoms with Crippen molar-refractivity contribution in [1.82, 2.24) is 0 Å². The SMILES string of the molecule is CCC1CCC(C#N)(C(C)CC)C1. The van der Waals surface area contributed by atoms with Gasteiger partial charge in [-0.2, -0.15) is 5.26 Å². The molecule has 1 nitrogen and oxygen atoms in total. The summed E-state index contributed by atoms with van der Waals surface area (Å²) in [7, 11) is 0. The first-order valence-electron chi connectivity index (χ1n) is 5.59. The van der Waals surface area contributed by atoms with Crippen LogP contribution in [-0.4, -0.2) is 0 Å². The molecule has 0 bridgehead atoms. The molecule has 1 rings (SSSR count). The molecule has 0 aliphatic heterocycles. The number of hydrogen-bond acceptors (Lipinski definition) is 1. The smallest absolute Gasteiger partial charge is 0.0692 e. The van der Waals surface area contributed by atoms with E-state index in [1.54, 1.807) is 0 Å². The topological polar surface area (TPSA) is 23.8 Å². The van der Waals surface area contributed by atoms with Crippen molar-refractivity contribution in [3.8, 4) is 6.07 Å². The standard InChI is InChI=1S/C12H21N/c1-4-10(3)12(9-13)7-6-11(5-2)8-12/h10-11H,4-8H2,1-3H3. The van der Waals surface area contributed by atoms with E-state index >= 15 is 0 Å². The summed E-state index contributed by atoms with van der Waals surface area (Å²) in [5.74, 6) is 1.39. The highest BCUT2D eigenvalue weighted by molar-refractivity contribution is 5.06. The molecule has 0 saturated heterocycles. The van der Waals surface area contributed by atoms with Gasteiger partial charge < -0.3 is 0 Å². The molecule has 0 heterocycles. The summed E-state index contributed by atoms with van der Waals surface area (Å²) in [5.41, 5.74) is 0.0232. The fourth-order valence-corrected chi connectivity index (χ4v) is 2.58. The van der Waals surface area contributed by atoms with Crippen LogP contribution in [-0.2, 0) is 0 Å². The summed E-state index contributed by atoms with van der Waals surface area (Å²) < 4.78 is 0. The second-order valence-electron chi connectivity index (χ2n) is 4.59. The highest BCUT2D eigenvalue weighted by Crippen LogP contribution is 2.48. The normalized spacial score (nSPS) is 35.7. The van der Waals surface area contributed by atoms with Crippen LogP contribution in [0.3, 0.4) is 0 Å². The lowest BCUT2D eigenvalue weighted by Gasteiger charge is -2.27. The van der Waals surface area contributed by atoms with Crippen molar-refractivity contribution >= 4 is 0 Å².